The SMILES string of the molecule is O=C(N1Cc2ccccc2C1)C(Cl)(Cl)Cl.c1ccc2c(c1)CNC2. The van der Waals surface area contributed by atoms with Crippen LogP contribution < -0.4 is 5.32 Å². The van der Waals surface area contributed by atoms with Gasteiger partial charge in [0, 0.05) is 26.2 Å². The maximum atomic E-state index is 11.7. The quantitative estimate of drug-likeness (QED) is 0.692. The monoisotopic (exact) mass is 382 g/mol. The zero-order valence-electron chi connectivity index (χ0n) is 12.9. The first-order valence-electron chi connectivity index (χ1n) is 7.65. The fourth-order valence-corrected chi connectivity index (χ4v) is 3.25. The van der Waals surface area contributed by atoms with E-state index < -0.39 is 9.70 Å². The Morgan fingerprint density at radius 1 is 0.833 bits per heavy atom. The van der Waals surface area contributed by atoms with Gasteiger partial charge in [0.2, 0.25) is 0 Å². The number of halogens is 3. The van der Waals surface area contributed by atoms with Crippen LogP contribution in [0.2, 0.25) is 0 Å². The Bertz CT molecular complexity index is 695. The summed E-state index contributed by atoms with van der Waals surface area (Å²) in [6.45, 7) is 3.14. The van der Waals surface area contributed by atoms with Crippen LogP contribution in [0.1, 0.15) is 22.3 Å². The summed E-state index contributed by atoms with van der Waals surface area (Å²) in [5.41, 5.74) is 5.13. The largest absolute Gasteiger partial charge is 0.330 e. The van der Waals surface area contributed by atoms with Crippen molar-refractivity contribution in [3.05, 3.63) is 70.8 Å². The van der Waals surface area contributed by atoms with Gasteiger partial charge in [-0.3, -0.25) is 4.79 Å². The van der Waals surface area contributed by atoms with Crippen molar-refractivity contribution >= 4 is 40.7 Å². The van der Waals surface area contributed by atoms with Crippen LogP contribution in [0.15, 0.2) is 48.5 Å². The molecule has 4 rings (SSSR count). The number of fused-ring (bicyclic) bond motifs is 2. The molecule has 0 radical (unpaired) electrons. The second kappa shape index (κ2) is 7.32. The number of amides is 1. The van der Waals surface area contributed by atoms with E-state index in [-0.39, 0.29) is 0 Å². The van der Waals surface area contributed by atoms with Crippen LogP contribution in [0.3, 0.4) is 0 Å². The summed E-state index contributed by atoms with van der Waals surface area (Å²) in [4.78, 5) is 13.2. The van der Waals surface area contributed by atoms with E-state index in [9.17, 15) is 4.79 Å². The smallest absolute Gasteiger partial charge is 0.275 e. The van der Waals surface area contributed by atoms with E-state index in [2.05, 4.69) is 29.6 Å². The normalized spacial score (nSPS) is 15.4. The third kappa shape index (κ3) is 4.04. The summed E-state index contributed by atoms with van der Waals surface area (Å²) in [7, 11) is 0. The molecule has 2 aliphatic heterocycles. The summed E-state index contributed by atoms with van der Waals surface area (Å²) >= 11 is 16.6. The Hall–Kier alpha value is -1.26. The number of carbonyl (C=O) groups is 1. The number of hydrogen-bond donors (Lipinski definition) is 1. The van der Waals surface area contributed by atoms with Gasteiger partial charge in [-0.05, 0) is 22.3 Å². The van der Waals surface area contributed by atoms with Crippen molar-refractivity contribution in [3.63, 3.8) is 0 Å². The average Bonchev–Trinajstić information content (AvgIpc) is 3.20. The Kier molecular flexibility index (Phi) is 5.36. The topological polar surface area (TPSA) is 32.3 Å². The molecular weight excluding hydrogens is 367 g/mol. The van der Waals surface area contributed by atoms with E-state index in [1.807, 2.05) is 24.3 Å². The van der Waals surface area contributed by atoms with Gasteiger partial charge in [-0.2, -0.15) is 0 Å². The molecule has 0 unspecified atom stereocenters. The van der Waals surface area contributed by atoms with Crippen LogP contribution in [0, 0.1) is 0 Å². The molecule has 2 aliphatic rings. The maximum absolute atomic E-state index is 11.7. The summed E-state index contributed by atoms with van der Waals surface area (Å²) in [6, 6.07) is 16.3. The van der Waals surface area contributed by atoms with Crippen LogP contribution in [-0.4, -0.2) is 14.6 Å². The molecule has 2 heterocycles. The third-order valence-electron chi connectivity index (χ3n) is 4.12. The zero-order chi connectivity index (χ0) is 17.2. The molecule has 2 aromatic carbocycles. The van der Waals surface area contributed by atoms with Crippen LogP contribution >= 0.6 is 34.8 Å². The Balaban J connectivity index is 0.000000159. The lowest BCUT2D eigenvalue weighted by Gasteiger charge is -2.19. The predicted molar refractivity (Wildman–Crippen MR) is 98.0 cm³/mol. The number of rotatable bonds is 0. The van der Waals surface area contributed by atoms with Gasteiger partial charge in [0.15, 0.2) is 0 Å². The number of nitrogens with zero attached hydrogens (tertiary/aromatic N) is 1. The van der Waals surface area contributed by atoms with Gasteiger partial charge >= 0.3 is 0 Å². The second-order valence-corrected chi connectivity index (χ2v) is 8.08. The Labute approximate surface area is 156 Å². The summed E-state index contributed by atoms with van der Waals surface area (Å²) in [5, 5.41) is 3.29. The maximum Gasteiger partial charge on any atom is 0.275 e. The van der Waals surface area contributed by atoms with Crippen molar-refractivity contribution in [2.75, 3.05) is 0 Å². The fourth-order valence-electron chi connectivity index (χ4n) is 2.89. The number of nitrogens with one attached hydrogen (secondary N) is 1. The molecule has 24 heavy (non-hydrogen) atoms. The van der Waals surface area contributed by atoms with Crippen molar-refractivity contribution in [2.24, 2.45) is 0 Å². The first-order valence-corrected chi connectivity index (χ1v) is 8.79. The highest BCUT2D eigenvalue weighted by Gasteiger charge is 2.37. The van der Waals surface area contributed by atoms with E-state index in [0.717, 1.165) is 24.2 Å². The molecule has 3 nitrogen and oxygen atoms in total. The van der Waals surface area contributed by atoms with Gasteiger partial charge in [0.1, 0.15) is 0 Å². The van der Waals surface area contributed by atoms with Crippen molar-refractivity contribution in [2.45, 2.75) is 30.0 Å². The average molecular weight is 384 g/mol. The number of alkyl halides is 3. The van der Waals surface area contributed by atoms with Crippen LogP contribution in [0.4, 0.5) is 0 Å². The molecule has 0 spiro atoms. The molecular formula is C18H17Cl3N2O. The molecule has 0 aliphatic carbocycles. The molecule has 1 amide bonds. The summed E-state index contributed by atoms with van der Waals surface area (Å²) in [5.74, 6) is -0.469. The predicted octanol–water partition coefficient (Wildman–Crippen LogP) is 4.19. The minimum Gasteiger partial charge on any atom is -0.330 e. The standard InChI is InChI=1S/C10H8Cl3NO.C8H9N/c11-10(12,13)9(15)14-5-7-3-1-2-4-8(7)6-14;1-2-4-8-6-9-5-7(8)3-1/h1-4H,5-6H2;1-4,9H,5-6H2. The van der Waals surface area contributed by atoms with Crippen molar-refractivity contribution in [1.29, 1.82) is 0 Å². The summed E-state index contributed by atoms with van der Waals surface area (Å²) < 4.78 is -1.86. The van der Waals surface area contributed by atoms with Gasteiger partial charge in [0.25, 0.3) is 9.70 Å². The molecule has 0 bridgehead atoms. The van der Waals surface area contributed by atoms with Crippen LogP contribution in [-0.2, 0) is 31.0 Å². The second-order valence-electron chi connectivity index (χ2n) is 5.80. The van der Waals surface area contributed by atoms with Crippen molar-refractivity contribution in [3.8, 4) is 0 Å². The lowest BCUT2D eigenvalue weighted by Crippen LogP contribution is -2.35. The van der Waals surface area contributed by atoms with Gasteiger partial charge in [0.05, 0.1) is 0 Å². The van der Waals surface area contributed by atoms with Crippen molar-refractivity contribution in [1.82, 2.24) is 10.2 Å². The van der Waals surface area contributed by atoms with E-state index in [4.69, 9.17) is 34.8 Å². The first kappa shape index (κ1) is 17.6. The van der Waals surface area contributed by atoms with Gasteiger partial charge in [-0.25, -0.2) is 0 Å². The minimum absolute atomic E-state index is 0.469. The van der Waals surface area contributed by atoms with Gasteiger partial charge in [-0.15, -0.1) is 0 Å². The fraction of sp³-hybridized carbons (Fsp3) is 0.278. The molecule has 1 N–H and O–H groups in total. The molecule has 6 heteroatoms. The molecule has 0 saturated carbocycles. The van der Waals surface area contributed by atoms with E-state index in [0.29, 0.717) is 13.1 Å². The molecule has 2 aromatic rings. The molecule has 0 saturated heterocycles. The Morgan fingerprint density at radius 2 is 1.25 bits per heavy atom. The summed E-state index contributed by atoms with van der Waals surface area (Å²) in [6.07, 6.45) is 0. The number of carbonyl (C=O) groups excluding carboxylic acids is 1. The van der Waals surface area contributed by atoms with Gasteiger partial charge in [-0.1, -0.05) is 83.3 Å². The highest BCUT2D eigenvalue weighted by molar-refractivity contribution is 6.76. The first-order chi connectivity index (χ1) is 11.4. The van der Waals surface area contributed by atoms with Crippen LogP contribution in [0.5, 0.6) is 0 Å². The lowest BCUT2D eigenvalue weighted by molar-refractivity contribution is -0.130. The molecule has 0 fully saturated rings. The van der Waals surface area contributed by atoms with Crippen molar-refractivity contribution < 1.29 is 4.79 Å². The lowest BCUT2D eigenvalue weighted by atomic mass is 10.1. The highest BCUT2D eigenvalue weighted by Crippen LogP contribution is 2.32. The number of hydrogen-bond acceptors (Lipinski definition) is 2. The van der Waals surface area contributed by atoms with E-state index >= 15 is 0 Å². The van der Waals surface area contributed by atoms with E-state index in [1.54, 1.807) is 0 Å². The molecule has 126 valence electrons. The molecule has 0 atom stereocenters. The molecule has 0 aromatic heterocycles. The zero-order valence-corrected chi connectivity index (χ0v) is 15.2. The highest BCUT2D eigenvalue weighted by atomic mass is 35.6. The van der Waals surface area contributed by atoms with Crippen LogP contribution in [0.25, 0.3) is 0 Å². The van der Waals surface area contributed by atoms with E-state index in [1.165, 1.54) is 16.0 Å². The Morgan fingerprint density at radius 3 is 1.67 bits per heavy atom. The number of benzene rings is 2. The minimum atomic E-state index is -1.86. The third-order valence-corrected chi connectivity index (χ3v) is 4.60. The van der Waals surface area contributed by atoms with Gasteiger partial charge < -0.3 is 10.2 Å².